The zero-order chi connectivity index (χ0) is 13.6. The van der Waals surface area contributed by atoms with Gasteiger partial charge in [0.15, 0.2) is 0 Å². The number of hydrogen-bond acceptors (Lipinski definition) is 4. The van der Waals surface area contributed by atoms with Gasteiger partial charge in [-0.15, -0.1) is 0 Å². The van der Waals surface area contributed by atoms with Gasteiger partial charge in [-0.2, -0.15) is 0 Å². The highest BCUT2D eigenvalue weighted by molar-refractivity contribution is 5.66. The highest BCUT2D eigenvalue weighted by Gasteiger charge is 1.88. The Morgan fingerprint density at radius 3 is 1.50 bits per heavy atom. The van der Waals surface area contributed by atoms with Crippen molar-refractivity contribution in [3.63, 3.8) is 0 Å². The minimum atomic E-state index is -0.252. The lowest BCUT2D eigenvalue weighted by Gasteiger charge is -1.96. The maximum absolute atomic E-state index is 10.5. The van der Waals surface area contributed by atoms with Crippen molar-refractivity contribution in [2.24, 2.45) is 0 Å². The second kappa shape index (κ2) is 11.9. The largest absolute Gasteiger partial charge is 0.462 e. The predicted molar refractivity (Wildman–Crippen MR) is 70.0 cm³/mol. The highest BCUT2D eigenvalue weighted by atomic mass is 16.5. The highest BCUT2D eigenvalue weighted by Crippen LogP contribution is 2.01. The number of carbonyl (C=O) groups excluding carboxylic acids is 2. The molecule has 0 heterocycles. The van der Waals surface area contributed by atoms with Crippen molar-refractivity contribution in [1.29, 1.82) is 0 Å². The topological polar surface area (TPSA) is 52.6 Å². The van der Waals surface area contributed by atoms with Crippen molar-refractivity contribution in [3.05, 3.63) is 24.3 Å². The molecule has 0 spiro atoms. The van der Waals surface area contributed by atoms with E-state index in [1.165, 1.54) is 13.8 Å². The van der Waals surface area contributed by atoms with Crippen molar-refractivity contribution in [1.82, 2.24) is 0 Å². The Labute approximate surface area is 109 Å². The molecule has 0 rings (SSSR count). The Bertz CT molecular complexity index is 262. The average Bonchev–Trinajstić information content (AvgIpc) is 2.29. The molecule has 4 heteroatoms. The maximum Gasteiger partial charge on any atom is 0.302 e. The molecule has 0 aliphatic carbocycles. The number of carbonyl (C=O) groups is 2. The van der Waals surface area contributed by atoms with Gasteiger partial charge in [-0.1, -0.05) is 24.3 Å². The van der Waals surface area contributed by atoms with E-state index in [1.54, 1.807) is 0 Å². The Kier molecular flexibility index (Phi) is 10.8. The molecule has 0 N–H and O–H groups in total. The molecule has 18 heavy (non-hydrogen) atoms. The van der Waals surface area contributed by atoms with Crippen LogP contribution in [0, 0.1) is 0 Å². The lowest BCUT2D eigenvalue weighted by Crippen LogP contribution is -1.97. The van der Waals surface area contributed by atoms with Gasteiger partial charge in [0.25, 0.3) is 0 Å². The molecule has 102 valence electrons. The van der Waals surface area contributed by atoms with Crippen molar-refractivity contribution < 1.29 is 19.1 Å². The van der Waals surface area contributed by atoms with Gasteiger partial charge in [-0.3, -0.25) is 9.59 Å². The van der Waals surface area contributed by atoms with Crippen LogP contribution in [0.5, 0.6) is 0 Å². The van der Waals surface area contributed by atoms with Gasteiger partial charge >= 0.3 is 11.9 Å². The molecule has 0 amide bonds. The van der Waals surface area contributed by atoms with E-state index in [9.17, 15) is 9.59 Å². The van der Waals surface area contributed by atoms with E-state index in [1.807, 2.05) is 24.3 Å². The molecule has 0 aromatic carbocycles. The summed E-state index contributed by atoms with van der Waals surface area (Å²) < 4.78 is 9.51. The van der Waals surface area contributed by atoms with Gasteiger partial charge in [-0.25, -0.2) is 0 Å². The predicted octanol–water partition coefficient (Wildman–Crippen LogP) is 2.79. The first kappa shape index (κ1) is 16.4. The third-order valence-electron chi connectivity index (χ3n) is 2.09. The Morgan fingerprint density at radius 1 is 0.778 bits per heavy atom. The number of unbranched alkanes of at least 4 members (excludes halogenated alkanes) is 3. The summed E-state index contributed by atoms with van der Waals surface area (Å²) in [6.45, 7) is 3.52. The van der Waals surface area contributed by atoms with Crippen LogP contribution in [-0.4, -0.2) is 25.2 Å². The minimum Gasteiger partial charge on any atom is -0.462 e. The molecule has 0 bridgehead atoms. The molecular formula is C14H22O4. The molecule has 0 atom stereocenters. The van der Waals surface area contributed by atoms with Crippen molar-refractivity contribution in [2.75, 3.05) is 13.2 Å². The zero-order valence-corrected chi connectivity index (χ0v) is 11.2. The molecule has 0 aromatic rings. The molecule has 0 aromatic heterocycles. The van der Waals surface area contributed by atoms with E-state index in [0.717, 1.165) is 25.7 Å². The molecule has 0 unspecified atom stereocenters. The van der Waals surface area contributed by atoms with E-state index in [4.69, 9.17) is 9.47 Å². The standard InChI is InChI=1S/C14H22O4/c1-13(15)17-11-9-7-5-3-4-6-8-10-12-18-14(2)16/h7-10H,3-6,11-12H2,1-2H3. The molecule has 0 saturated carbocycles. The first-order valence-electron chi connectivity index (χ1n) is 6.19. The fourth-order valence-electron chi connectivity index (χ4n) is 1.23. The summed E-state index contributed by atoms with van der Waals surface area (Å²) in [6, 6.07) is 0. The van der Waals surface area contributed by atoms with Crippen molar-refractivity contribution in [2.45, 2.75) is 39.5 Å². The van der Waals surface area contributed by atoms with E-state index in [-0.39, 0.29) is 11.9 Å². The fourth-order valence-corrected chi connectivity index (χ4v) is 1.23. The van der Waals surface area contributed by atoms with Crippen molar-refractivity contribution in [3.8, 4) is 0 Å². The maximum atomic E-state index is 10.5. The van der Waals surface area contributed by atoms with E-state index >= 15 is 0 Å². The Balaban J connectivity index is 3.25. The van der Waals surface area contributed by atoms with Crippen LogP contribution in [0.15, 0.2) is 24.3 Å². The van der Waals surface area contributed by atoms with Crippen LogP contribution in [0.4, 0.5) is 0 Å². The van der Waals surface area contributed by atoms with Gasteiger partial charge < -0.3 is 9.47 Å². The minimum absolute atomic E-state index is 0.252. The molecule has 0 fully saturated rings. The molecule has 0 aliphatic heterocycles. The molecule has 0 aliphatic rings. The number of esters is 2. The van der Waals surface area contributed by atoms with Crippen molar-refractivity contribution >= 4 is 11.9 Å². The van der Waals surface area contributed by atoms with Gasteiger partial charge in [0.05, 0.1) is 0 Å². The van der Waals surface area contributed by atoms with Gasteiger partial charge in [0.1, 0.15) is 13.2 Å². The summed E-state index contributed by atoms with van der Waals surface area (Å²) >= 11 is 0. The van der Waals surface area contributed by atoms with Gasteiger partial charge in [0, 0.05) is 13.8 Å². The molecular weight excluding hydrogens is 232 g/mol. The average molecular weight is 254 g/mol. The van der Waals surface area contributed by atoms with E-state index < -0.39 is 0 Å². The first-order chi connectivity index (χ1) is 8.63. The quantitative estimate of drug-likeness (QED) is 0.360. The summed E-state index contributed by atoms with van der Waals surface area (Å²) in [7, 11) is 0. The number of ether oxygens (including phenoxy) is 2. The summed E-state index contributed by atoms with van der Waals surface area (Å²) in [5.74, 6) is -0.505. The first-order valence-corrected chi connectivity index (χ1v) is 6.19. The summed E-state index contributed by atoms with van der Waals surface area (Å²) in [5, 5.41) is 0. The Hall–Kier alpha value is -1.58. The monoisotopic (exact) mass is 254 g/mol. The lowest BCUT2D eigenvalue weighted by molar-refractivity contribution is -0.140. The number of allylic oxidation sites excluding steroid dienone is 2. The normalized spacial score (nSPS) is 11.0. The van der Waals surface area contributed by atoms with Crippen LogP contribution in [-0.2, 0) is 19.1 Å². The SMILES string of the molecule is CC(=O)OCC=CCCCCC=CCOC(C)=O. The van der Waals surface area contributed by atoms with Crippen LogP contribution < -0.4 is 0 Å². The lowest BCUT2D eigenvalue weighted by atomic mass is 10.2. The summed E-state index contributed by atoms with van der Waals surface area (Å²) in [4.78, 5) is 20.9. The molecule has 0 radical (unpaired) electrons. The second-order valence-corrected chi connectivity index (χ2v) is 3.83. The second-order valence-electron chi connectivity index (χ2n) is 3.83. The summed E-state index contributed by atoms with van der Waals surface area (Å²) in [6.07, 6.45) is 11.9. The van der Waals surface area contributed by atoms with Crippen LogP contribution in [0.1, 0.15) is 39.5 Å². The van der Waals surface area contributed by atoms with Crippen LogP contribution >= 0.6 is 0 Å². The molecule has 0 saturated heterocycles. The van der Waals surface area contributed by atoms with Gasteiger partial charge in [-0.05, 0) is 25.7 Å². The number of rotatable bonds is 9. The van der Waals surface area contributed by atoms with Crippen LogP contribution in [0.2, 0.25) is 0 Å². The fraction of sp³-hybridized carbons (Fsp3) is 0.571. The number of hydrogen-bond donors (Lipinski definition) is 0. The van der Waals surface area contributed by atoms with Gasteiger partial charge in [0.2, 0.25) is 0 Å². The van der Waals surface area contributed by atoms with E-state index in [2.05, 4.69) is 0 Å². The third kappa shape index (κ3) is 14.4. The Morgan fingerprint density at radius 2 is 1.17 bits per heavy atom. The summed E-state index contributed by atoms with van der Waals surface area (Å²) in [5.41, 5.74) is 0. The van der Waals surface area contributed by atoms with E-state index in [0.29, 0.717) is 13.2 Å². The smallest absolute Gasteiger partial charge is 0.302 e. The zero-order valence-electron chi connectivity index (χ0n) is 11.2. The van der Waals surface area contributed by atoms with Crippen LogP contribution in [0.3, 0.4) is 0 Å². The molecule has 4 nitrogen and oxygen atoms in total. The third-order valence-corrected chi connectivity index (χ3v) is 2.09. The van der Waals surface area contributed by atoms with Crippen LogP contribution in [0.25, 0.3) is 0 Å².